The normalized spacial score (nSPS) is 19.4. The van der Waals surface area contributed by atoms with Crippen molar-refractivity contribution in [2.24, 2.45) is 5.41 Å². The second-order valence-electron chi connectivity index (χ2n) is 6.21. The van der Waals surface area contributed by atoms with Gasteiger partial charge in [0.1, 0.15) is 5.75 Å². The molecule has 18 heavy (non-hydrogen) atoms. The number of nitrogens with one attached hydrogen (secondary N) is 1. The van der Waals surface area contributed by atoms with E-state index in [9.17, 15) is 0 Å². The average Bonchev–Trinajstić information content (AvgIpc) is 2.34. The molecule has 0 radical (unpaired) electrons. The van der Waals surface area contributed by atoms with Crippen LogP contribution in [0.25, 0.3) is 0 Å². The third kappa shape index (κ3) is 2.86. The first kappa shape index (κ1) is 13.4. The molecule has 0 amide bonds. The molecule has 0 spiro atoms. The molecule has 1 aromatic carbocycles. The summed E-state index contributed by atoms with van der Waals surface area (Å²) in [6, 6.07) is 7.00. The van der Waals surface area contributed by atoms with Gasteiger partial charge in [0.15, 0.2) is 0 Å². The van der Waals surface area contributed by atoms with Gasteiger partial charge in [0.25, 0.3) is 0 Å². The number of rotatable bonds is 3. The van der Waals surface area contributed by atoms with E-state index >= 15 is 0 Å². The fourth-order valence-corrected chi connectivity index (χ4v) is 2.61. The van der Waals surface area contributed by atoms with Gasteiger partial charge in [0.2, 0.25) is 0 Å². The highest BCUT2D eigenvalue weighted by molar-refractivity contribution is 5.40. The lowest BCUT2D eigenvalue weighted by Crippen LogP contribution is -2.37. The van der Waals surface area contributed by atoms with Crippen molar-refractivity contribution < 1.29 is 4.74 Å². The Labute approximate surface area is 111 Å². The molecular weight excluding hydrogens is 222 g/mol. The lowest BCUT2D eigenvalue weighted by atomic mass is 9.78. The van der Waals surface area contributed by atoms with Crippen molar-refractivity contribution in [1.82, 2.24) is 5.32 Å². The number of benzene rings is 1. The third-order valence-corrected chi connectivity index (χ3v) is 3.51. The van der Waals surface area contributed by atoms with Gasteiger partial charge in [-0.15, -0.1) is 0 Å². The molecule has 1 unspecified atom stereocenters. The minimum absolute atomic E-state index is 0.235. The molecule has 1 aliphatic heterocycles. The first-order valence-electron chi connectivity index (χ1n) is 7.01. The predicted octanol–water partition coefficient (Wildman–Crippen LogP) is 3.71. The fraction of sp³-hybridized carbons (Fsp3) is 0.625. The molecule has 2 nitrogen and oxygen atoms in total. The Kier molecular flexibility index (Phi) is 3.96. The van der Waals surface area contributed by atoms with E-state index in [0.29, 0.717) is 6.04 Å². The summed E-state index contributed by atoms with van der Waals surface area (Å²) in [5.74, 6) is 1.01. The molecule has 0 aromatic heterocycles. The lowest BCUT2D eigenvalue weighted by molar-refractivity contribution is 0.261. The molecule has 0 aliphatic carbocycles. The van der Waals surface area contributed by atoms with Crippen LogP contribution in [0.15, 0.2) is 18.2 Å². The average molecular weight is 247 g/mol. The van der Waals surface area contributed by atoms with E-state index in [0.717, 1.165) is 31.7 Å². The van der Waals surface area contributed by atoms with Gasteiger partial charge < -0.3 is 10.1 Å². The van der Waals surface area contributed by atoms with Crippen LogP contribution in [0.5, 0.6) is 5.75 Å². The summed E-state index contributed by atoms with van der Waals surface area (Å²) in [5.41, 5.74) is 3.12. The van der Waals surface area contributed by atoms with Crippen LogP contribution in [0.2, 0.25) is 0 Å². The highest BCUT2D eigenvalue weighted by Gasteiger charge is 2.30. The monoisotopic (exact) mass is 247 g/mol. The molecule has 100 valence electrons. The quantitative estimate of drug-likeness (QED) is 0.879. The number of hydrogen-bond acceptors (Lipinski definition) is 2. The van der Waals surface area contributed by atoms with E-state index in [4.69, 9.17) is 4.74 Å². The topological polar surface area (TPSA) is 21.3 Å². The lowest BCUT2D eigenvalue weighted by Gasteiger charge is -2.37. The zero-order chi connectivity index (χ0) is 13.2. The zero-order valence-electron chi connectivity index (χ0n) is 12.0. The molecule has 1 N–H and O–H groups in total. The van der Waals surface area contributed by atoms with Crippen LogP contribution in [-0.4, -0.2) is 13.2 Å². The maximum Gasteiger partial charge on any atom is 0.119 e. The van der Waals surface area contributed by atoms with Crippen LogP contribution in [0, 0.1) is 5.41 Å². The minimum atomic E-state index is 0.235. The van der Waals surface area contributed by atoms with Crippen molar-refractivity contribution in [2.75, 3.05) is 13.2 Å². The van der Waals surface area contributed by atoms with Crippen molar-refractivity contribution in [3.8, 4) is 5.75 Å². The van der Waals surface area contributed by atoms with Gasteiger partial charge in [0.05, 0.1) is 6.61 Å². The molecule has 1 atom stereocenters. The van der Waals surface area contributed by atoms with Gasteiger partial charge in [-0.3, -0.25) is 0 Å². The number of ether oxygens (including phenoxy) is 1. The van der Waals surface area contributed by atoms with E-state index < -0.39 is 0 Å². The van der Waals surface area contributed by atoms with Crippen molar-refractivity contribution in [1.29, 1.82) is 0 Å². The van der Waals surface area contributed by atoms with Gasteiger partial charge in [-0.2, -0.15) is 0 Å². The summed E-state index contributed by atoms with van der Waals surface area (Å²) in [4.78, 5) is 0. The van der Waals surface area contributed by atoms with Gasteiger partial charge in [-0.05, 0) is 48.1 Å². The summed E-state index contributed by atoms with van der Waals surface area (Å²) in [5, 5.41) is 3.64. The smallest absolute Gasteiger partial charge is 0.119 e. The molecule has 0 saturated heterocycles. The Morgan fingerprint density at radius 3 is 2.78 bits per heavy atom. The molecule has 0 saturated carbocycles. The minimum Gasteiger partial charge on any atom is -0.494 e. The van der Waals surface area contributed by atoms with Crippen molar-refractivity contribution in [2.45, 2.75) is 46.6 Å². The van der Waals surface area contributed by atoms with E-state index in [2.05, 4.69) is 51.2 Å². The Morgan fingerprint density at radius 1 is 1.33 bits per heavy atom. The number of fused-ring (bicyclic) bond motifs is 1. The molecule has 0 fully saturated rings. The Bertz CT molecular complexity index is 406. The van der Waals surface area contributed by atoms with Gasteiger partial charge in [-0.1, -0.05) is 33.8 Å². The standard InChI is InChI=1S/C16H25NO/c1-5-10-18-13-7-6-12-8-9-17-15(14(12)11-13)16(2,3)4/h6-7,11,15,17H,5,8-10H2,1-4H3. The molecule has 1 aromatic rings. The third-order valence-electron chi connectivity index (χ3n) is 3.51. The fourth-order valence-electron chi connectivity index (χ4n) is 2.61. The molecule has 2 heteroatoms. The van der Waals surface area contributed by atoms with Crippen LogP contribution in [-0.2, 0) is 6.42 Å². The van der Waals surface area contributed by atoms with Crippen LogP contribution >= 0.6 is 0 Å². The van der Waals surface area contributed by atoms with E-state index in [1.165, 1.54) is 11.1 Å². The molecule has 0 bridgehead atoms. The maximum atomic E-state index is 5.75. The van der Waals surface area contributed by atoms with Gasteiger partial charge in [-0.25, -0.2) is 0 Å². The summed E-state index contributed by atoms with van der Waals surface area (Å²) in [7, 11) is 0. The summed E-state index contributed by atoms with van der Waals surface area (Å²) in [6.45, 7) is 10.9. The number of hydrogen-bond donors (Lipinski definition) is 1. The maximum absolute atomic E-state index is 5.75. The summed E-state index contributed by atoms with van der Waals surface area (Å²) in [6.07, 6.45) is 2.17. The van der Waals surface area contributed by atoms with Crippen molar-refractivity contribution >= 4 is 0 Å². The largest absolute Gasteiger partial charge is 0.494 e. The summed E-state index contributed by atoms with van der Waals surface area (Å²) >= 11 is 0. The van der Waals surface area contributed by atoms with Crippen LogP contribution < -0.4 is 10.1 Å². The predicted molar refractivity (Wildman–Crippen MR) is 76.1 cm³/mol. The molecule has 2 rings (SSSR count). The van der Waals surface area contributed by atoms with Crippen LogP contribution in [0.4, 0.5) is 0 Å². The van der Waals surface area contributed by atoms with Gasteiger partial charge >= 0.3 is 0 Å². The first-order chi connectivity index (χ1) is 8.52. The van der Waals surface area contributed by atoms with E-state index in [1.54, 1.807) is 0 Å². The Morgan fingerprint density at radius 2 is 2.11 bits per heavy atom. The van der Waals surface area contributed by atoms with Crippen LogP contribution in [0.1, 0.15) is 51.3 Å². The second-order valence-corrected chi connectivity index (χ2v) is 6.21. The van der Waals surface area contributed by atoms with Crippen molar-refractivity contribution in [3.63, 3.8) is 0 Å². The van der Waals surface area contributed by atoms with E-state index in [1.807, 2.05) is 0 Å². The highest BCUT2D eigenvalue weighted by Crippen LogP contribution is 2.38. The zero-order valence-corrected chi connectivity index (χ0v) is 12.0. The van der Waals surface area contributed by atoms with Crippen molar-refractivity contribution in [3.05, 3.63) is 29.3 Å². The Hall–Kier alpha value is -1.02. The Balaban J connectivity index is 2.29. The molecular formula is C16H25NO. The first-order valence-corrected chi connectivity index (χ1v) is 7.01. The molecule has 1 heterocycles. The second kappa shape index (κ2) is 5.31. The van der Waals surface area contributed by atoms with E-state index in [-0.39, 0.29) is 5.41 Å². The van der Waals surface area contributed by atoms with Gasteiger partial charge in [0, 0.05) is 6.04 Å². The summed E-state index contributed by atoms with van der Waals surface area (Å²) < 4.78 is 5.75. The molecule has 1 aliphatic rings. The van der Waals surface area contributed by atoms with Crippen LogP contribution in [0.3, 0.4) is 0 Å². The SMILES string of the molecule is CCCOc1ccc2c(c1)C(C(C)(C)C)NCC2. The highest BCUT2D eigenvalue weighted by atomic mass is 16.5.